The monoisotopic (exact) mass is 478 g/mol. The molecule has 2 heterocycles. The van der Waals surface area contributed by atoms with Crippen molar-refractivity contribution in [3.63, 3.8) is 0 Å². The maximum atomic E-state index is 13.1. The fourth-order valence-electron chi connectivity index (χ4n) is 4.81. The van der Waals surface area contributed by atoms with Crippen LogP contribution in [-0.2, 0) is 7.05 Å². The molecule has 0 saturated heterocycles. The predicted octanol–water partition coefficient (Wildman–Crippen LogP) is 5.40. The van der Waals surface area contributed by atoms with E-state index >= 15 is 0 Å². The van der Waals surface area contributed by atoms with E-state index in [1.165, 1.54) is 23.0 Å². The highest BCUT2D eigenvalue weighted by Crippen LogP contribution is 2.42. The maximum absolute atomic E-state index is 13.1. The molecule has 180 valence electrons. The van der Waals surface area contributed by atoms with Gasteiger partial charge < -0.3 is 14.4 Å². The van der Waals surface area contributed by atoms with Gasteiger partial charge in [0.2, 0.25) is 11.7 Å². The number of hydrogen-bond donors (Lipinski definition) is 1. The molecule has 1 aliphatic rings. The van der Waals surface area contributed by atoms with Gasteiger partial charge in [0, 0.05) is 14.1 Å². The molecule has 5 aromatic rings. The summed E-state index contributed by atoms with van der Waals surface area (Å²) in [6.07, 6.45) is 2.44. The molecular formula is C29H26N4O3. The number of anilines is 1. The first-order valence-corrected chi connectivity index (χ1v) is 12.0. The second-order valence-electron chi connectivity index (χ2n) is 9.33. The SMILES string of the molecule is CN(c1nc(-c2nc3ccccc3o2)c(O)c(=O)n1C)[C@@H](c1ccccc1)c1cccc(C2CC2)c1. The Morgan fingerprint density at radius 1 is 0.972 bits per heavy atom. The number of hydrogen-bond acceptors (Lipinski definition) is 6. The maximum Gasteiger partial charge on any atom is 0.297 e. The van der Waals surface area contributed by atoms with Crippen LogP contribution in [0.15, 0.2) is 88.1 Å². The van der Waals surface area contributed by atoms with Gasteiger partial charge in [-0.25, -0.2) is 9.97 Å². The van der Waals surface area contributed by atoms with Crippen LogP contribution in [-0.4, -0.2) is 26.7 Å². The van der Waals surface area contributed by atoms with Gasteiger partial charge >= 0.3 is 0 Å². The molecule has 0 unspecified atom stereocenters. The number of fused-ring (bicyclic) bond motifs is 1. The van der Waals surface area contributed by atoms with Gasteiger partial charge in [0.1, 0.15) is 5.52 Å². The molecule has 2 aromatic heterocycles. The van der Waals surface area contributed by atoms with E-state index in [-0.39, 0.29) is 17.6 Å². The summed E-state index contributed by atoms with van der Waals surface area (Å²) in [7, 11) is 3.52. The zero-order valence-electron chi connectivity index (χ0n) is 20.1. The molecule has 0 spiro atoms. The molecule has 1 aliphatic carbocycles. The van der Waals surface area contributed by atoms with Gasteiger partial charge in [-0.05, 0) is 47.6 Å². The zero-order chi connectivity index (χ0) is 24.8. The van der Waals surface area contributed by atoms with Crippen molar-refractivity contribution in [2.24, 2.45) is 7.05 Å². The summed E-state index contributed by atoms with van der Waals surface area (Å²) in [6.45, 7) is 0. The third-order valence-corrected chi connectivity index (χ3v) is 6.83. The molecular weight excluding hydrogens is 452 g/mol. The Morgan fingerprint density at radius 3 is 2.44 bits per heavy atom. The van der Waals surface area contributed by atoms with Crippen molar-refractivity contribution >= 4 is 17.0 Å². The van der Waals surface area contributed by atoms with E-state index < -0.39 is 11.3 Å². The lowest BCUT2D eigenvalue weighted by Crippen LogP contribution is -2.32. The van der Waals surface area contributed by atoms with Crippen molar-refractivity contribution in [1.82, 2.24) is 14.5 Å². The van der Waals surface area contributed by atoms with Gasteiger partial charge in [-0.15, -0.1) is 0 Å². The number of aromatic nitrogens is 3. The van der Waals surface area contributed by atoms with Crippen LogP contribution in [0.3, 0.4) is 0 Å². The minimum atomic E-state index is -0.567. The van der Waals surface area contributed by atoms with Gasteiger partial charge in [0.25, 0.3) is 11.4 Å². The molecule has 1 atom stereocenters. The molecule has 36 heavy (non-hydrogen) atoms. The van der Waals surface area contributed by atoms with Crippen molar-refractivity contribution in [3.05, 3.63) is 106 Å². The molecule has 1 N–H and O–H groups in total. The summed E-state index contributed by atoms with van der Waals surface area (Å²) < 4.78 is 7.21. The zero-order valence-corrected chi connectivity index (χ0v) is 20.1. The molecule has 0 aliphatic heterocycles. The molecule has 0 bridgehead atoms. The molecule has 3 aromatic carbocycles. The van der Waals surface area contributed by atoms with E-state index in [9.17, 15) is 9.90 Å². The Hall–Kier alpha value is -4.39. The van der Waals surface area contributed by atoms with Crippen molar-refractivity contribution in [3.8, 4) is 17.3 Å². The second-order valence-corrected chi connectivity index (χ2v) is 9.33. The third kappa shape index (κ3) is 3.82. The van der Waals surface area contributed by atoms with Gasteiger partial charge in [-0.1, -0.05) is 66.7 Å². The lowest BCUT2D eigenvalue weighted by Gasteiger charge is -2.31. The first-order chi connectivity index (χ1) is 17.5. The summed E-state index contributed by atoms with van der Waals surface area (Å²) in [5.74, 6) is 0.621. The lowest BCUT2D eigenvalue weighted by atomic mass is 9.95. The Kier molecular flexibility index (Phi) is 5.33. The molecule has 7 nitrogen and oxygen atoms in total. The van der Waals surface area contributed by atoms with Crippen LogP contribution in [0.4, 0.5) is 5.95 Å². The number of benzene rings is 3. The van der Waals surface area contributed by atoms with E-state index in [1.807, 2.05) is 48.3 Å². The topological polar surface area (TPSA) is 84.4 Å². The van der Waals surface area contributed by atoms with E-state index in [2.05, 4.69) is 41.4 Å². The van der Waals surface area contributed by atoms with Crippen molar-refractivity contribution in [2.75, 3.05) is 11.9 Å². The Balaban J connectivity index is 1.50. The standard InChI is InChI=1S/C29H26N4O3/c1-32(25(19-9-4-3-5-10-19)21-12-8-11-20(17-21)18-15-16-18)29-31-24(26(34)28(35)33(29)2)27-30-22-13-6-7-14-23(22)36-27/h3-14,17-18,25,34H,15-16H2,1-2H3/t25-/m0/s1. The fraction of sp³-hybridized carbons (Fsp3) is 0.207. The number of para-hydroxylation sites is 2. The fourth-order valence-corrected chi connectivity index (χ4v) is 4.81. The first kappa shape index (κ1) is 22.1. The number of aromatic hydroxyl groups is 1. The van der Waals surface area contributed by atoms with Gasteiger partial charge in [-0.2, -0.15) is 0 Å². The highest BCUT2D eigenvalue weighted by molar-refractivity contribution is 5.76. The largest absolute Gasteiger partial charge is 0.501 e. The van der Waals surface area contributed by atoms with Crippen LogP contribution in [0.1, 0.15) is 41.5 Å². The van der Waals surface area contributed by atoms with E-state index in [0.29, 0.717) is 23.0 Å². The normalized spacial score (nSPS) is 14.2. The second kappa shape index (κ2) is 8.68. The Bertz CT molecular complexity index is 1590. The summed E-state index contributed by atoms with van der Waals surface area (Å²) in [5, 5.41) is 10.7. The average Bonchev–Trinajstić information content (AvgIpc) is 3.67. The molecule has 1 saturated carbocycles. The van der Waals surface area contributed by atoms with Crippen molar-refractivity contribution < 1.29 is 9.52 Å². The van der Waals surface area contributed by atoms with Crippen LogP contribution in [0.25, 0.3) is 22.7 Å². The van der Waals surface area contributed by atoms with Crippen LogP contribution in [0.2, 0.25) is 0 Å². The number of oxazole rings is 1. The molecule has 0 radical (unpaired) electrons. The van der Waals surface area contributed by atoms with Crippen LogP contribution in [0.5, 0.6) is 5.75 Å². The lowest BCUT2D eigenvalue weighted by molar-refractivity contribution is 0.455. The van der Waals surface area contributed by atoms with Gasteiger partial charge in [0.05, 0.1) is 6.04 Å². The average molecular weight is 479 g/mol. The number of nitrogens with zero attached hydrogens (tertiary/aromatic N) is 4. The minimum Gasteiger partial charge on any atom is -0.501 e. The molecule has 7 heteroatoms. The molecule has 6 rings (SSSR count). The summed E-state index contributed by atoms with van der Waals surface area (Å²) in [5.41, 5.74) is 4.16. The van der Waals surface area contributed by atoms with Gasteiger partial charge in [-0.3, -0.25) is 9.36 Å². The Morgan fingerprint density at radius 2 is 1.69 bits per heavy atom. The van der Waals surface area contributed by atoms with Crippen LogP contribution in [0, 0.1) is 0 Å². The van der Waals surface area contributed by atoms with Gasteiger partial charge in [0.15, 0.2) is 11.3 Å². The summed E-state index contributed by atoms with van der Waals surface area (Å²) in [6, 6.07) is 25.9. The molecule has 1 fully saturated rings. The Labute approximate surface area is 208 Å². The summed E-state index contributed by atoms with van der Waals surface area (Å²) in [4.78, 5) is 24.3. The smallest absolute Gasteiger partial charge is 0.297 e. The highest BCUT2D eigenvalue weighted by atomic mass is 16.4. The van der Waals surface area contributed by atoms with E-state index in [4.69, 9.17) is 9.40 Å². The van der Waals surface area contributed by atoms with Crippen LogP contribution >= 0.6 is 0 Å². The van der Waals surface area contributed by atoms with Crippen molar-refractivity contribution in [1.29, 1.82) is 0 Å². The summed E-state index contributed by atoms with van der Waals surface area (Å²) >= 11 is 0. The minimum absolute atomic E-state index is 0.0229. The first-order valence-electron chi connectivity index (χ1n) is 12.0. The quantitative estimate of drug-likeness (QED) is 0.352. The third-order valence-electron chi connectivity index (χ3n) is 6.83. The predicted molar refractivity (Wildman–Crippen MR) is 139 cm³/mol. The molecule has 0 amide bonds. The number of rotatable bonds is 6. The van der Waals surface area contributed by atoms with Crippen molar-refractivity contribution in [2.45, 2.75) is 24.8 Å². The van der Waals surface area contributed by atoms with E-state index in [1.54, 1.807) is 13.1 Å². The van der Waals surface area contributed by atoms with Crippen LogP contribution < -0.4 is 10.5 Å². The van der Waals surface area contributed by atoms with E-state index in [0.717, 1.165) is 11.1 Å². The highest BCUT2D eigenvalue weighted by Gasteiger charge is 2.29.